The van der Waals surface area contributed by atoms with E-state index in [1.165, 1.54) is 31.2 Å². The highest BCUT2D eigenvalue weighted by Gasteiger charge is 2.35. The topological polar surface area (TPSA) is 131 Å². The first-order valence-corrected chi connectivity index (χ1v) is 4.76. The number of rotatable bonds is 4. The predicted octanol–water partition coefficient (Wildman–Crippen LogP) is -1.62. The van der Waals surface area contributed by atoms with E-state index in [0.29, 0.717) is 0 Å². The molecule has 2 atom stereocenters. The number of nitro benzene ring substituents is 1. The number of carbonyl (C=O) groups excluding carboxylic acids is 1. The molecule has 0 radical (unpaired) electrons. The number of hydrogen-bond donors (Lipinski definition) is 2. The van der Waals surface area contributed by atoms with Gasteiger partial charge >= 0.3 is 0 Å². The summed E-state index contributed by atoms with van der Waals surface area (Å²) in [4.78, 5) is 20.6. The minimum Gasteiger partial charge on any atom is -0.544 e. The second kappa shape index (κ2) is 4.48. The van der Waals surface area contributed by atoms with Gasteiger partial charge in [-0.3, -0.25) is 10.1 Å². The summed E-state index contributed by atoms with van der Waals surface area (Å²) in [6, 6.07) is 4.94. The van der Waals surface area contributed by atoms with Gasteiger partial charge in [-0.2, -0.15) is 0 Å². The number of nitro groups is 1. The summed E-state index contributed by atoms with van der Waals surface area (Å²) in [6.45, 7) is 1.22. The number of nitrogens with zero attached hydrogens (tertiary/aromatic N) is 1. The van der Waals surface area contributed by atoms with Crippen LogP contribution < -0.4 is 10.8 Å². The molecule has 0 spiro atoms. The van der Waals surface area contributed by atoms with Crippen molar-refractivity contribution in [3.05, 3.63) is 39.9 Å². The Morgan fingerprint density at radius 1 is 1.47 bits per heavy atom. The normalized spacial score (nSPS) is 15.9. The molecule has 7 nitrogen and oxygen atoms in total. The molecular weight excluding hydrogens is 228 g/mol. The van der Waals surface area contributed by atoms with Crippen molar-refractivity contribution < 1.29 is 25.7 Å². The minimum atomic E-state index is -1.71. The van der Waals surface area contributed by atoms with Crippen LogP contribution >= 0.6 is 0 Å². The van der Waals surface area contributed by atoms with Crippen LogP contribution in [0.5, 0.6) is 0 Å². The van der Waals surface area contributed by atoms with Crippen molar-refractivity contribution in [3.63, 3.8) is 0 Å². The van der Waals surface area contributed by atoms with E-state index in [0.717, 1.165) is 0 Å². The number of aliphatic hydroxyl groups excluding tert-OH is 1. The Hall–Kier alpha value is -1.99. The van der Waals surface area contributed by atoms with Gasteiger partial charge in [-0.15, -0.1) is 0 Å². The Balaban J connectivity index is 3.02. The molecule has 1 aromatic carbocycles. The second-order valence-corrected chi connectivity index (χ2v) is 3.96. The Bertz CT molecular complexity index is 441. The number of aliphatic carboxylic acids is 1. The highest BCUT2D eigenvalue weighted by atomic mass is 16.6. The van der Waals surface area contributed by atoms with Crippen LogP contribution in [0.15, 0.2) is 24.3 Å². The molecule has 17 heavy (non-hydrogen) atoms. The van der Waals surface area contributed by atoms with Gasteiger partial charge < -0.3 is 20.7 Å². The lowest BCUT2D eigenvalue weighted by atomic mass is 9.90. The molecule has 0 bridgehead atoms. The number of quaternary nitrogens is 1. The van der Waals surface area contributed by atoms with Gasteiger partial charge in [-0.05, 0) is 24.6 Å². The minimum absolute atomic E-state index is 0.139. The van der Waals surface area contributed by atoms with Crippen molar-refractivity contribution in [2.45, 2.75) is 18.6 Å². The Kier molecular flexibility index (Phi) is 3.45. The van der Waals surface area contributed by atoms with Crippen molar-refractivity contribution >= 4 is 11.7 Å². The van der Waals surface area contributed by atoms with Crippen LogP contribution in [-0.2, 0) is 4.79 Å². The second-order valence-electron chi connectivity index (χ2n) is 3.96. The van der Waals surface area contributed by atoms with Crippen molar-refractivity contribution in [1.82, 2.24) is 0 Å². The summed E-state index contributed by atoms with van der Waals surface area (Å²) in [5.74, 6) is -1.50. The molecule has 0 aliphatic carbocycles. The van der Waals surface area contributed by atoms with Gasteiger partial charge in [0.1, 0.15) is 12.1 Å². The van der Waals surface area contributed by atoms with E-state index in [-0.39, 0.29) is 11.3 Å². The van der Waals surface area contributed by atoms with E-state index in [4.69, 9.17) is 0 Å². The average Bonchev–Trinajstić information content (AvgIpc) is 2.27. The lowest BCUT2D eigenvalue weighted by Gasteiger charge is -2.27. The van der Waals surface area contributed by atoms with Crippen LogP contribution in [0.2, 0.25) is 0 Å². The van der Waals surface area contributed by atoms with Crippen molar-refractivity contribution in [1.29, 1.82) is 0 Å². The standard InChI is InChI=1S/C10H12N2O5/c1-10(11,9(14)15)8(13)6-2-4-7(5-3-6)12(16)17/h2-5,8,13H,11H2,1H3,(H,14,15)/t8-,10+/m0/s1. The third kappa shape index (κ3) is 2.58. The van der Waals surface area contributed by atoms with Crippen molar-refractivity contribution in [2.24, 2.45) is 0 Å². The third-order valence-electron chi connectivity index (χ3n) is 2.49. The molecule has 7 heteroatoms. The van der Waals surface area contributed by atoms with E-state index in [9.17, 15) is 25.1 Å². The van der Waals surface area contributed by atoms with Gasteiger partial charge in [0.25, 0.3) is 5.69 Å². The Labute approximate surface area is 96.6 Å². The van der Waals surface area contributed by atoms with Crippen molar-refractivity contribution in [3.8, 4) is 0 Å². The van der Waals surface area contributed by atoms with Crippen LogP contribution in [-0.4, -0.2) is 21.5 Å². The molecule has 0 aliphatic heterocycles. The molecule has 0 amide bonds. The van der Waals surface area contributed by atoms with Crippen LogP contribution in [0.3, 0.4) is 0 Å². The highest BCUT2D eigenvalue weighted by Crippen LogP contribution is 2.23. The Morgan fingerprint density at radius 2 is 1.94 bits per heavy atom. The van der Waals surface area contributed by atoms with E-state index >= 15 is 0 Å². The number of carbonyl (C=O) groups is 1. The first-order valence-electron chi connectivity index (χ1n) is 4.76. The number of hydrogen-bond acceptors (Lipinski definition) is 5. The fourth-order valence-electron chi connectivity index (χ4n) is 1.26. The number of carboxylic acids is 1. The molecule has 0 fully saturated rings. The maximum atomic E-state index is 10.8. The molecule has 0 saturated carbocycles. The third-order valence-corrected chi connectivity index (χ3v) is 2.49. The van der Waals surface area contributed by atoms with E-state index in [2.05, 4.69) is 5.73 Å². The number of carboxylic acid groups (broad SMARTS) is 1. The Morgan fingerprint density at radius 3 is 2.29 bits per heavy atom. The van der Waals surface area contributed by atoms with Crippen LogP contribution in [0.25, 0.3) is 0 Å². The number of benzene rings is 1. The summed E-state index contributed by atoms with van der Waals surface area (Å²) < 4.78 is 0. The molecule has 1 aromatic rings. The summed E-state index contributed by atoms with van der Waals surface area (Å²) in [7, 11) is 0. The quantitative estimate of drug-likeness (QED) is 0.482. The average molecular weight is 240 g/mol. The molecule has 0 heterocycles. The van der Waals surface area contributed by atoms with E-state index in [1.807, 2.05) is 0 Å². The summed E-state index contributed by atoms with van der Waals surface area (Å²) in [6.07, 6.45) is -1.40. The fourth-order valence-corrected chi connectivity index (χ4v) is 1.26. The van der Waals surface area contributed by atoms with Gasteiger partial charge in [-0.1, -0.05) is 0 Å². The highest BCUT2D eigenvalue weighted by molar-refractivity contribution is 5.75. The maximum Gasteiger partial charge on any atom is 0.269 e. The predicted molar refractivity (Wildman–Crippen MR) is 54.4 cm³/mol. The zero-order chi connectivity index (χ0) is 13.2. The number of non-ortho nitro benzene ring substituents is 1. The van der Waals surface area contributed by atoms with Gasteiger partial charge in [0.05, 0.1) is 4.92 Å². The van der Waals surface area contributed by atoms with E-state index in [1.54, 1.807) is 0 Å². The summed E-state index contributed by atoms with van der Waals surface area (Å²) in [5.41, 5.74) is 1.74. The van der Waals surface area contributed by atoms with Crippen molar-refractivity contribution in [2.75, 3.05) is 0 Å². The fraction of sp³-hybridized carbons (Fsp3) is 0.300. The largest absolute Gasteiger partial charge is 0.544 e. The molecular formula is C10H12N2O5. The zero-order valence-corrected chi connectivity index (χ0v) is 9.12. The van der Waals surface area contributed by atoms with Crippen LogP contribution in [0.1, 0.15) is 18.6 Å². The van der Waals surface area contributed by atoms with E-state index < -0.39 is 22.5 Å². The molecule has 4 N–H and O–H groups in total. The van der Waals surface area contributed by atoms with Gasteiger partial charge in [0.2, 0.25) is 0 Å². The first kappa shape index (κ1) is 13.1. The SMILES string of the molecule is C[C@]([NH3+])(C(=O)[O-])[C@@H](O)c1ccc([N+](=O)[O-])cc1. The van der Waals surface area contributed by atoms with Gasteiger partial charge in [-0.25, -0.2) is 0 Å². The zero-order valence-electron chi connectivity index (χ0n) is 9.12. The van der Waals surface area contributed by atoms with Crippen LogP contribution in [0, 0.1) is 10.1 Å². The number of aliphatic hydroxyl groups is 1. The summed E-state index contributed by atoms with van der Waals surface area (Å²) in [5, 5.41) is 31.0. The summed E-state index contributed by atoms with van der Waals surface area (Å²) >= 11 is 0. The molecule has 92 valence electrons. The lowest BCUT2D eigenvalue weighted by molar-refractivity contribution is -0.498. The van der Waals surface area contributed by atoms with Crippen LogP contribution in [0.4, 0.5) is 5.69 Å². The van der Waals surface area contributed by atoms with Gasteiger partial charge in [0.15, 0.2) is 5.54 Å². The first-order chi connectivity index (χ1) is 7.76. The maximum absolute atomic E-state index is 10.8. The monoisotopic (exact) mass is 240 g/mol. The van der Waals surface area contributed by atoms with Gasteiger partial charge in [0, 0.05) is 12.1 Å². The molecule has 0 saturated heterocycles. The smallest absolute Gasteiger partial charge is 0.269 e. The lowest BCUT2D eigenvalue weighted by Crippen LogP contribution is -2.80. The molecule has 1 rings (SSSR count). The molecule has 0 aromatic heterocycles. The molecule has 0 unspecified atom stereocenters. The molecule has 0 aliphatic rings.